The van der Waals surface area contributed by atoms with E-state index in [-0.39, 0.29) is 5.82 Å². The van der Waals surface area contributed by atoms with Gasteiger partial charge in [0.25, 0.3) is 0 Å². The molecule has 1 aromatic carbocycles. The zero-order valence-electron chi connectivity index (χ0n) is 11.5. The lowest BCUT2D eigenvalue weighted by Crippen LogP contribution is -2.04. The van der Waals surface area contributed by atoms with Crippen LogP contribution in [0.15, 0.2) is 36.4 Å². The minimum absolute atomic E-state index is 0.206. The Morgan fingerprint density at radius 1 is 1.20 bits per heavy atom. The van der Waals surface area contributed by atoms with E-state index >= 15 is 0 Å². The van der Waals surface area contributed by atoms with Crippen molar-refractivity contribution in [3.63, 3.8) is 0 Å². The Morgan fingerprint density at radius 2 is 2.00 bits per heavy atom. The molecule has 0 aliphatic rings. The van der Waals surface area contributed by atoms with E-state index < -0.39 is 0 Å². The number of benzene rings is 1. The molecule has 0 saturated carbocycles. The van der Waals surface area contributed by atoms with Gasteiger partial charge in [0.05, 0.1) is 11.4 Å². The maximum Gasteiger partial charge on any atom is 0.137 e. The Balaban J connectivity index is 2.30. The van der Waals surface area contributed by atoms with Crippen LogP contribution < -0.4 is 5.73 Å². The van der Waals surface area contributed by atoms with Crippen LogP contribution in [0, 0.1) is 19.7 Å². The average Bonchev–Trinajstić information content (AvgIpc) is 2.82. The molecule has 2 N–H and O–H groups in total. The molecular weight excluding hydrogens is 253 g/mol. The zero-order chi connectivity index (χ0) is 14.3. The number of imidazole rings is 1. The highest BCUT2D eigenvalue weighted by atomic mass is 19.1. The molecule has 102 valence electrons. The molecule has 0 aliphatic carbocycles. The second-order valence-corrected chi connectivity index (χ2v) is 4.94. The number of hydrogen-bond acceptors (Lipinski definition) is 2. The van der Waals surface area contributed by atoms with Gasteiger partial charge in [0, 0.05) is 17.8 Å². The van der Waals surface area contributed by atoms with Gasteiger partial charge in [-0.05, 0) is 49.7 Å². The molecule has 3 nitrogen and oxygen atoms in total. The standard InChI is InChI=1S/C16H16FN3/c1-10-8-12(6-7-13(10)17)16-14(9-18)20-11(2)4-3-5-15(20)19-16/h3-8H,9,18H2,1-2H3. The Labute approximate surface area is 116 Å². The second kappa shape index (κ2) is 4.72. The summed E-state index contributed by atoms with van der Waals surface area (Å²) in [6.45, 7) is 4.16. The molecule has 0 atom stereocenters. The summed E-state index contributed by atoms with van der Waals surface area (Å²) in [6.07, 6.45) is 0. The molecule has 0 fully saturated rings. The van der Waals surface area contributed by atoms with Crippen molar-refractivity contribution < 1.29 is 4.39 Å². The normalized spacial score (nSPS) is 11.2. The van der Waals surface area contributed by atoms with Crippen LogP contribution in [0.5, 0.6) is 0 Å². The molecule has 2 heterocycles. The van der Waals surface area contributed by atoms with Gasteiger partial charge in [-0.25, -0.2) is 9.37 Å². The number of hydrogen-bond donors (Lipinski definition) is 1. The maximum absolute atomic E-state index is 13.4. The maximum atomic E-state index is 13.4. The van der Waals surface area contributed by atoms with Gasteiger partial charge in [0.1, 0.15) is 11.5 Å². The number of nitrogens with zero attached hydrogens (tertiary/aromatic N) is 2. The number of pyridine rings is 1. The van der Waals surface area contributed by atoms with Crippen LogP contribution in [0.3, 0.4) is 0 Å². The van der Waals surface area contributed by atoms with E-state index in [1.165, 1.54) is 6.07 Å². The smallest absolute Gasteiger partial charge is 0.137 e. The van der Waals surface area contributed by atoms with E-state index in [2.05, 4.69) is 4.98 Å². The summed E-state index contributed by atoms with van der Waals surface area (Å²) < 4.78 is 15.5. The van der Waals surface area contributed by atoms with Crippen LogP contribution in [0.4, 0.5) is 4.39 Å². The lowest BCUT2D eigenvalue weighted by Gasteiger charge is -2.06. The Hall–Kier alpha value is -2.20. The van der Waals surface area contributed by atoms with Crippen LogP contribution >= 0.6 is 0 Å². The first-order valence-corrected chi connectivity index (χ1v) is 6.55. The summed E-state index contributed by atoms with van der Waals surface area (Å²) in [5.74, 6) is -0.206. The topological polar surface area (TPSA) is 43.3 Å². The predicted molar refractivity (Wildman–Crippen MR) is 78.0 cm³/mol. The number of aryl methyl sites for hydroxylation is 2. The molecular formula is C16H16FN3. The largest absolute Gasteiger partial charge is 0.325 e. The summed E-state index contributed by atoms with van der Waals surface area (Å²) in [6, 6.07) is 11.0. The molecule has 0 aliphatic heterocycles. The monoisotopic (exact) mass is 269 g/mol. The number of nitrogens with two attached hydrogens (primary N) is 1. The van der Waals surface area contributed by atoms with Gasteiger partial charge < -0.3 is 5.73 Å². The molecule has 0 radical (unpaired) electrons. The van der Waals surface area contributed by atoms with Gasteiger partial charge >= 0.3 is 0 Å². The number of rotatable bonds is 2. The summed E-state index contributed by atoms with van der Waals surface area (Å²) in [7, 11) is 0. The van der Waals surface area contributed by atoms with Crippen molar-refractivity contribution in [3.05, 3.63) is 59.2 Å². The van der Waals surface area contributed by atoms with Crippen molar-refractivity contribution >= 4 is 5.65 Å². The second-order valence-electron chi connectivity index (χ2n) is 4.94. The van der Waals surface area contributed by atoms with Crippen molar-refractivity contribution in [3.8, 4) is 11.3 Å². The third-order valence-corrected chi connectivity index (χ3v) is 3.56. The predicted octanol–water partition coefficient (Wildman–Crippen LogP) is 3.22. The summed E-state index contributed by atoms with van der Waals surface area (Å²) in [5.41, 5.74) is 11.1. The van der Waals surface area contributed by atoms with Crippen molar-refractivity contribution in [2.75, 3.05) is 0 Å². The Morgan fingerprint density at radius 3 is 2.70 bits per heavy atom. The highest BCUT2D eigenvalue weighted by molar-refractivity contribution is 5.67. The van der Waals surface area contributed by atoms with Crippen molar-refractivity contribution in [1.29, 1.82) is 0 Å². The summed E-state index contributed by atoms with van der Waals surface area (Å²) in [5, 5.41) is 0. The zero-order valence-corrected chi connectivity index (χ0v) is 11.5. The molecule has 3 aromatic rings. The average molecular weight is 269 g/mol. The SMILES string of the molecule is Cc1cc(-c2nc3cccc(C)n3c2CN)ccc1F. The first-order valence-electron chi connectivity index (χ1n) is 6.55. The number of fused-ring (bicyclic) bond motifs is 1. The first kappa shape index (κ1) is 12.8. The molecule has 0 spiro atoms. The van der Waals surface area contributed by atoms with E-state index in [0.717, 1.165) is 28.3 Å². The van der Waals surface area contributed by atoms with Gasteiger partial charge in [-0.15, -0.1) is 0 Å². The fourth-order valence-electron chi connectivity index (χ4n) is 2.54. The minimum Gasteiger partial charge on any atom is -0.325 e. The van der Waals surface area contributed by atoms with Gasteiger partial charge in [-0.2, -0.15) is 0 Å². The third kappa shape index (κ3) is 1.89. The summed E-state index contributed by atoms with van der Waals surface area (Å²) in [4.78, 5) is 4.65. The Kier molecular flexibility index (Phi) is 3.03. The van der Waals surface area contributed by atoms with Gasteiger partial charge in [0.2, 0.25) is 0 Å². The molecule has 20 heavy (non-hydrogen) atoms. The molecule has 4 heteroatoms. The van der Waals surface area contributed by atoms with Crippen LogP contribution in [0.2, 0.25) is 0 Å². The molecule has 0 saturated heterocycles. The van der Waals surface area contributed by atoms with Crippen LogP contribution in [0.25, 0.3) is 16.9 Å². The molecule has 0 amide bonds. The van der Waals surface area contributed by atoms with E-state index in [0.29, 0.717) is 12.1 Å². The van der Waals surface area contributed by atoms with Crippen LogP contribution in [0.1, 0.15) is 17.0 Å². The number of halogens is 1. The lowest BCUT2D eigenvalue weighted by atomic mass is 10.1. The Bertz CT molecular complexity index is 790. The molecule has 0 unspecified atom stereocenters. The number of aromatic nitrogens is 2. The highest BCUT2D eigenvalue weighted by Gasteiger charge is 2.14. The van der Waals surface area contributed by atoms with Crippen molar-refractivity contribution in [1.82, 2.24) is 9.38 Å². The lowest BCUT2D eigenvalue weighted by molar-refractivity contribution is 0.618. The fraction of sp³-hybridized carbons (Fsp3) is 0.188. The van der Waals surface area contributed by atoms with Crippen molar-refractivity contribution in [2.45, 2.75) is 20.4 Å². The van der Waals surface area contributed by atoms with E-state index in [1.807, 2.05) is 35.6 Å². The van der Waals surface area contributed by atoms with Gasteiger partial charge in [-0.3, -0.25) is 4.40 Å². The van der Waals surface area contributed by atoms with Crippen LogP contribution in [-0.2, 0) is 6.54 Å². The van der Waals surface area contributed by atoms with E-state index in [1.54, 1.807) is 13.0 Å². The van der Waals surface area contributed by atoms with Gasteiger partial charge in [0.15, 0.2) is 0 Å². The third-order valence-electron chi connectivity index (χ3n) is 3.56. The van der Waals surface area contributed by atoms with Crippen LogP contribution in [-0.4, -0.2) is 9.38 Å². The summed E-state index contributed by atoms with van der Waals surface area (Å²) >= 11 is 0. The first-order chi connectivity index (χ1) is 9.61. The fourth-order valence-corrected chi connectivity index (χ4v) is 2.54. The molecule has 2 aromatic heterocycles. The minimum atomic E-state index is -0.206. The van der Waals surface area contributed by atoms with E-state index in [9.17, 15) is 4.39 Å². The molecule has 3 rings (SSSR count). The van der Waals surface area contributed by atoms with E-state index in [4.69, 9.17) is 5.73 Å². The quantitative estimate of drug-likeness (QED) is 0.776. The highest BCUT2D eigenvalue weighted by Crippen LogP contribution is 2.26. The molecule has 0 bridgehead atoms. The van der Waals surface area contributed by atoms with Gasteiger partial charge in [-0.1, -0.05) is 6.07 Å². The van der Waals surface area contributed by atoms with Crippen molar-refractivity contribution in [2.24, 2.45) is 5.73 Å².